The summed E-state index contributed by atoms with van der Waals surface area (Å²) in [6, 6.07) is 0. The van der Waals surface area contributed by atoms with Gasteiger partial charge in [-0.15, -0.1) is 0 Å². The molecule has 0 N–H and O–H groups in total. The largest absolute Gasteiger partial charge is 0.343 e. The molecule has 16 heavy (non-hydrogen) atoms. The van der Waals surface area contributed by atoms with E-state index in [0.717, 1.165) is 32.5 Å². The van der Waals surface area contributed by atoms with E-state index in [2.05, 4.69) is 9.55 Å². The van der Waals surface area contributed by atoms with E-state index in [4.69, 9.17) is 0 Å². The van der Waals surface area contributed by atoms with E-state index in [1.54, 1.807) is 0 Å². The molecule has 1 atom stereocenters. The van der Waals surface area contributed by atoms with E-state index in [9.17, 15) is 4.79 Å². The quantitative estimate of drug-likeness (QED) is 0.772. The number of carbonyl (C=O) groups is 1. The van der Waals surface area contributed by atoms with Gasteiger partial charge in [0.05, 0.1) is 6.33 Å². The third kappa shape index (κ3) is 1.96. The van der Waals surface area contributed by atoms with Crippen molar-refractivity contribution in [2.45, 2.75) is 33.2 Å². The Labute approximate surface area is 96.3 Å². The lowest BCUT2D eigenvalue weighted by molar-refractivity contribution is -0.135. The first-order valence-corrected chi connectivity index (χ1v) is 6.04. The zero-order chi connectivity index (χ0) is 11.5. The highest BCUT2D eigenvalue weighted by atomic mass is 16.2. The maximum atomic E-state index is 12.2. The summed E-state index contributed by atoms with van der Waals surface area (Å²) in [5, 5.41) is 0. The average molecular weight is 221 g/mol. The van der Waals surface area contributed by atoms with Crippen LogP contribution >= 0.6 is 0 Å². The molecule has 1 unspecified atom stereocenters. The third-order valence-corrected chi connectivity index (χ3v) is 3.40. The maximum absolute atomic E-state index is 12.2. The molecule has 0 aromatic carbocycles. The van der Waals surface area contributed by atoms with Crippen LogP contribution in [0, 0.1) is 5.92 Å². The number of nitrogens with zero attached hydrogens (tertiary/aromatic N) is 3. The van der Waals surface area contributed by atoms with Crippen molar-refractivity contribution >= 4 is 5.91 Å². The van der Waals surface area contributed by atoms with E-state index < -0.39 is 0 Å². The standard InChI is InChI=1S/C12H19N3O/c1-3-14(4-2)12(16)10-5-6-15-9-13-8-11(15)7-10/h8-10H,3-7H2,1-2H3. The van der Waals surface area contributed by atoms with Gasteiger partial charge in [0.2, 0.25) is 5.91 Å². The van der Waals surface area contributed by atoms with Crippen LogP contribution in [0.1, 0.15) is 26.0 Å². The summed E-state index contributed by atoms with van der Waals surface area (Å²) in [6.07, 6.45) is 5.52. The summed E-state index contributed by atoms with van der Waals surface area (Å²) >= 11 is 0. The number of hydrogen-bond acceptors (Lipinski definition) is 2. The van der Waals surface area contributed by atoms with Crippen LogP contribution in [-0.4, -0.2) is 33.4 Å². The summed E-state index contributed by atoms with van der Waals surface area (Å²) in [6.45, 7) is 6.62. The number of hydrogen-bond donors (Lipinski definition) is 0. The van der Waals surface area contributed by atoms with Crippen LogP contribution in [-0.2, 0) is 17.8 Å². The molecule has 0 saturated heterocycles. The Hall–Kier alpha value is -1.32. The summed E-state index contributed by atoms with van der Waals surface area (Å²) in [5.41, 5.74) is 1.19. The zero-order valence-electron chi connectivity index (χ0n) is 10.0. The minimum atomic E-state index is 0.157. The number of carbonyl (C=O) groups excluding carboxylic acids is 1. The Balaban J connectivity index is 2.05. The number of amides is 1. The van der Waals surface area contributed by atoms with Crippen molar-refractivity contribution in [2.75, 3.05) is 13.1 Å². The van der Waals surface area contributed by atoms with Crippen LogP contribution in [0.4, 0.5) is 0 Å². The maximum Gasteiger partial charge on any atom is 0.226 e. The summed E-state index contributed by atoms with van der Waals surface area (Å²) in [4.78, 5) is 18.2. The van der Waals surface area contributed by atoms with E-state index >= 15 is 0 Å². The van der Waals surface area contributed by atoms with E-state index in [0.29, 0.717) is 5.91 Å². The lowest BCUT2D eigenvalue weighted by Crippen LogP contribution is -2.38. The molecule has 1 aliphatic heterocycles. The molecule has 1 aromatic heterocycles. The molecule has 1 aromatic rings. The molecule has 0 saturated carbocycles. The van der Waals surface area contributed by atoms with Crippen LogP contribution in [0.3, 0.4) is 0 Å². The SMILES string of the molecule is CCN(CC)C(=O)C1CCn2cncc2C1. The van der Waals surface area contributed by atoms with Crippen LogP contribution in [0.25, 0.3) is 0 Å². The van der Waals surface area contributed by atoms with Gasteiger partial charge >= 0.3 is 0 Å². The normalized spacial score (nSPS) is 19.2. The minimum absolute atomic E-state index is 0.157. The fourth-order valence-electron chi connectivity index (χ4n) is 2.37. The summed E-state index contributed by atoms with van der Waals surface area (Å²) in [5.74, 6) is 0.460. The monoisotopic (exact) mass is 221 g/mol. The van der Waals surface area contributed by atoms with Crippen LogP contribution < -0.4 is 0 Å². The van der Waals surface area contributed by atoms with Crippen molar-refractivity contribution < 1.29 is 4.79 Å². The smallest absolute Gasteiger partial charge is 0.226 e. The first kappa shape index (κ1) is 11.2. The van der Waals surface area contributed by atoms with Crippen LogP contribution in [0.2, 0.25) is 0 Å². The van der Waals surface area contributed by atoms with Gasteiger partial charge in [-0.05, 0) is 20.3 Å². The second-order valence-corrected chi connectivity index (χ2v) is 4.28. The Morgan fingerprint density at radius 3 is 3.00 bits per heavy atom. The van der Waals surface area contributed by atoms with Gasteiger partial charge in [-0.1, -0.05) is 0 Å². The van der Waals surface area contributed by atoms with Gasteiger partial charge in [0.1, 0.15) is 0 Å². The molecular formula is C12H19N3O. The Morgan fingerprint density at radius 1 is 1.56 bits per heavy atom. The fraction of sp³-hybridized carbons (Fsp3) is 0.667. The number of aryl methyl sites for hydroxylation is 1. The topological polar surface area (TPSA) is 38.1 Å². The van der Waals surface area contributed by atoms with Crippen molar-refractivity contribution in [1.29, 1.82) is 0 Å². The Morgan fingerprint density at radius 2 is 2.31 bits per heavy atom. The first-order chi connectivity index (χ1) is 7.76. The Bertz CT molecular complexity index is 368. The van der Waals surface area contributed by atoms with Gasteiger partial charge in [0.25, 0.3) is 0 Å². The zero-order valence-corrected chi connectivity index (χ0v) is 10.0. The van der Waals surface area contributed by atoms with E-state index in [1.807, 2.05) is 31.3 Å². The van der Waals surface area contributed by atoms with E-state index in [-0.39, 0.29) is 5.92 Å². The minimum Gasteiger partial charge on any atom is -0.343 e. The van der Waals surface area contributed by atoms with Gasteiger partial charge in [-0.3, -0.25) is 4.79 Å². The highest BCUT2D eigenvalue weighted by molar-refractivity contribution is 5.79. The third-order valence-electron chi connectivity index (χ3n) is 3.40. The molecule has 2 heterocycles. The molecule has 1 amide bonds. The van der Waals surface area contributed by atoms with Gasteiger partial charge < -0.3 is 9.47 Å². The second-order valence-electron chi connectivity index (χ2n) is 4.28. The molecule has 0 spiro atoms. The molecule has 2 rings (SSSR count). The lowest BCUT2D eigenvalue weighted by atomic mass is 9.95. The number of rotatable bonds is 3. The van der Waals surface area contributed by atoms with Gasteiger partial charge in [0.15, 0.2) is 0 Å². The molecular weight excluding hydrogens is 202 g/mol. The molecule has 4 heteroatoms. The predicted octanol–water partition coefficient (Wildman–Crippen LogP) is 1.31. The van der Waals surface area contributed by atoms with Crippen LogP contribution in [0.5, 0.6) is 0 Å². The number of imidazole rings is 1. The highest BCUT2D eigenvalue weighted by Crippen LogP contribution is 2.21. The second kappa shape index (κ2) is 4.68. The van der Waals surface area contributed by atoms with E-state index in [1.165, 1.54) is 5.69 Å². The molecule has 0 fully saturated rings. The molecule has 0 aliphatic carbocycles. The van der Waals surface area contributed by atoms with Gasteiger partial charge in [-0.25, -0.2) is 4.98 Å². The van der Waals surface area contributed by atoms with Crippen molar-refractivity contribution in [2.24, 2.45) is 5.92 Å². The van der Waals surface area contributed by atoms with Crippen molar-refractivity contribution in [1.82, 2.24) is 14.5 Å². The highest BCUT2D eigenvalue weighted by Gasteiger charge is 2.27. The fourth-order valence-corrected chi connectivity index (χ4v) is 2.37. The molecule has 4 nitrogen and oxygen atoms in total. The van der Waals surface area contributed by atoms with Gasteiger partial charge in [-0.2, -0.15) is 0 Å². The summed E-state index contributed by atoms with van der Waals surface area (Å²) in [7, 11) is 0. The number of fused-ring (bicyclic) bond motifs is 1. The van der Waals surface area contributed by atoms with Crippen LogP contribution in [0.15, 0.2) is 12.5 Å². The average Bonchev–Trinajstić information content (AvgIpc) is 2.77. The van der Waals surface area contributed by atoms with Crippen molar-refractivity contribution in [3.8, 4) is 0 Å². The lowest BCUT2D eigenvalue weighted by Gasteiger charge is -2.28. The molecule has 0 bridgehead atoms. The molecule has 88 valence electrons. The number of aromatic nitrogens is 2. The first-order valence-electron chi connectivity index (χ1n) is 6.04. The van der Waals surface area contributed by atoms with Crippen molar-refractivity contribution in [3.63, 3.8) is 0 Å². The van der Waals surface area contributed by atoms with Gasteiger partial charge in [0, 0.05) is 43.9 Å². The summed E-state index contributed by atoms with van der Waals surface area (Å²) < 4.78 is 2.14. The Kier molecular flexibility index (Phi) is 3.27. The predicted molar refractivity (Wildman–Crippen MR) is 62.0 cm³/mol. The van der Waals surface area contributed by atoms with Crippen molar-refractivity contribution in [3.05, 3.63) is 18.2 Å². The molecule has 1 aliphatic rings. The molecule has 0 radical (unpaired) electrons.